The number of hydrogen-bond acceptors (Lipinski definition) is 2. The molecule has 4 aromatic carbocycles. The van der Waals surface area contributed by atoms with E-state index in [1.807, 2.05) is 111 Å². The van der Waals surface area contributed by atoms with Crippen molar-refractivity contribution in [2.45, 2.75) is 27.7 Å². The largest absolute Gasteiger partial charge is 0.281 e. The average molecular weight is 449 g/mol. The van der Waals surface area contributed by atoms with E-state index in [2.05, 4.69) is 0 Å². The minimum Gasteiger partial charge on any atom is -0.281 e. The van der Waals surface area contributed by atoms with Gasteiger partial charge in [0.05, 0.1) is 0 Å². The zero-order valence-corrected chi connectivity index (χ0v) is 19.9. The van der Waals surface area contributed by atoms with Gasteiger partial charge in [-0.15, -0.1) is 0 Å². The fraction of sp³-hybridized carbons (Fsp3) is 0.133. The van der Waals surface area contributed by atoms with Crippen LogP contribution in [0.5, 0.6) is 0 Å². The number of benzene rings is 4. The maximum Gasteiger partial charge on any atom is 0.228 e. The molecular weight excluding hydrogens is 420 g/mol. The summed E-state index contributed by atoms with van der Waals surface area (Å²) in [6.07, 6.45) is 0. The highest BCUT2D eigenvalue weighted by atomic mass is 16.2. The Morgan fingerprint density at radius 2 is 0.676 bits per heavy atom. The number of aryl methyl sites for hydroxylation is 2. The number of amides is 2. The van der Waals surface area contributed by atoms with Gasteiger partial charge in [0.15, 0.2) is 0 Å². The van der Waals surface area contributed by atoms with Crippen LogP contribution >= 0.6 is 0 Å². The van der Waals surface area contributed by atoms with E-state index < -0.39 is 0 Å². The van der Waals surface area contributed by atoms with Crippen molar-refractivity contribution in [1.82, 2.24) is 0 Å². The Morgan fingerprint density at radius 1 is 0.441 bits per heavy atom. The summed E-state index contributed by atoms with van der Waals surface area (Å²) in [7, 11) is 0. The quantitative estimate of drug-likeness (QED) is 0.320. The molecule has 2 amide bonds. The molecule has 0 aliphatic heterocycles. The molecule has 0 heterocycles. The molecule has 0 N–H and O–H groups in total. The van der Waals surface area contributed by atoms with E-state index in [0.29, 0.717) is 0 Å². The lowest BCUT2D eigenvalue weighted by Gasteiger charge is -2.22. The predicted octanol–water partition coefficient (Wildman–Crippen LogP) is 7.34. The van der Waals surface area contributed by atoms with Gasteiger partial charge in [-0.3, -0.25) is 19.4 Å². The second-order valence-corrected chi connectivity index (χ2v) is 8.47. The van der Waals surface area contributed by atoms with Crippen LogP contribution in [0, 0.1) is 13.8 Å². The van der Waals surface area contributed by atoms with Crippen LogP contribution in [0.3, 0.4) is 0 Å². The first-order valence-corrected chi connectivity index (χ1v) is 11.3. The number of carbonyl (C=O) groups excluding carboxylic acids is 2. The summed E-state index contributed by atoms with van der Waals surface area (Å²) in [6.45, 7) is 7.19. The second-order valence-electron chi connectivity index (χ2n) is 8.47. The molecule has 0 atom stereocenters. The zero-order valence-electron chi connectivity index (χ0n) is 19.9. The van der Waals surface area contributed by atoms with Crippen LogP contribution in [0.1, 0.15) is 25.0 Å². The molecule has 4 heteroatoms. The molecule has 0 spiro atoms. The lowest BCUT2D eigenvalue weighted by atomic mass is 10.0. The van der Waals surface area contributed by atoms with E-state index in [4.69, 9.17) is 0 Å². The summed E-state index contributed by atoms with van der Waals surface area (Å²) >= 11 is 0. The Bertz CT molecular complexity index is 1190. The van der Waals surface area contributed by atoms with Crippen molar-refractivity contribution in [2.24, 2.45) is 0 Å². The third kappa shape index (κ3) is 4.91. The molecule has 0 radical (unpaired) electrons. The van der Waals surface area contributed by atoms with Gasteiger partial charge in [-0.25, -0.2) is 0 Å². The Hall–Kier alpha value is -4.18. The van der Waals surface area contributed by atoms with Crippen LogP contribution in [0.2, 0.25) is 0 Å². The second kappa shape index (κ2) is 9.75. The van der Waals surface area contributed by atoms with E-state index >= 15 is 0 Å². The highest BCUT2D eigenvalue weighted by molar-refractivity contribution is 6.00. The van der Waals surface area contributed by atoms with E-state index in [9.17, 15) is 9.59 Å². The SMILES string of the molecule is CC(=O)N(c1ccc(C)cc1)c1ccc(-c2ccc(N(C(C)=O)c3ccc(C)cc3)cc2)cc1. The fourth-order valence-corrected chi connectivity index (χ4v) is 4.02. The first-order chi connectivity index (χ1) is 16.3. The fourth-order valence-electron chi connectivity index (χ4n) is 4.02. The molecule has 4 rings (SSSR count). The van der Waals surface area contributed by atoms with Gasteiger partial charge >= 0.3 is 0 Å². The predicted molar refractivity (Wildman–Crippen MR) is 140 cm³/mol. The summed E-state index contributed by atoms with van der Waals surface area (Å²) in [5.74, 6) is -0.0808. The smallest absolute Gasteiger partial charge is 0.228 e. The summed E-state index contributed by atoms with van der Waals surface area (Å²) < 4.78 is 0. The number of rotatable bonds is 5. The Morgan fingerprint density at radius 3 is 0.912 bits per heavy atom. The molecule has 0 saturated heterocycles. The van der Waals surface area contributed by atoms with Gasteiger partial charge in [-0.05, 0) is 73.5 Å². The third-order valence-corrected chi connectivity index (χ3v) is 5.80. The van der Waals surface area contributed by atoms with Crippen molar-refractivity contribution in [2.75, 3.05) is 9.80 Å². The Labute approximate surface area is 201 Å². The van der Waals surface area contributed by atoms with Crippen LogP contribution in [0.25, 0.3) is 11.1 Å². The highest BCUT2D eigenvalue weighted by Crippen LogP contribution is 2.31. The molecule has 0 aliphatic rings. The van der Waals surface area contributed by atoms with Crippen molar-refractivity contribution in [3.8, 4) is 11.1 Å². The van der Waals surface area contributed by atoms with Crippen LogP contribution in [-0.4, -0.2) is 11.8 Å². The lowest BCUT2D eigenvalue weighted by Crippen LogP contribution is -2.22. The molecule has 0 aromatic heterocycles. The number of hydrogen-bond donors (Lipinski definition) is 0. The molecular formula is C30H28N2O2. The van der Waals surface area contributed by atoms with Gasteiger partial charge in [0.1, 0.15) is 0 Å². The van der Waals surface area contributed by atoms with Crippen LogP contribution in [-0.2, 0) is 9.59 Å². The van der Waals surface area contributed by atoms with Crippen molar-refractivity contribution in [3.63, 3.8) is 0 Å². The molecule has 34 heavy (non-hydrogen) atoms. The molecule has 0 fully saturated rings. The van der Waals surface area contributed by atoms with E-state index in [0.717, 1.165) is 45.0 Å². The van der Waals surface area contributed by atoms with Gasteiger partial charge in [0.25, 0.3) is 0 Å². The standard InChI is InChI=1S/C30H28N2O2/c1-21-5-13-27(14-6-21)31(23(3)33)29-17-9-25(10-18-29)26-11-19-30(20-12-26)32(24(4)34)28-15-7-22(2)8-16-28/h5-20H,1-4H3. The van der Waals surface area contributed by atoms with Gasteiger partial charge < -0.3 is 0 Å². The molecule has 0 unspecified atom stereocenters. The number of carbonyl (C=O) groups is 2. The van der Waals surface area contributed by atoms with Crippen LogP contribution < -0.4 is 9.80 Å². The van der Waals surface area contributed by atoms with Crippen molar-refractivity contribution >= 4 is 34.6 Å². The Kier molecular flexibility index (Phi) is 6.60. The maximum absolute atomic E-state index is 12.4. The minimum atomic E-state index is -0.0404. The maximum atomic E-state index is 12.4. The van der Waals surface area contributed by atoms with Gasteiger partial charge in [-0.2, -0.15) is 0 Å². The Balaban J connectivity index is 1.59. The minimum absolute atomic E-state index is 0.0404. The highest BCUT2D eigenvalue weighted by Gasteiger charge is 2.16. The summed E-state index contributed by atoms with van der Waals surface area (Å²) in [5, 5.41) is 0. The van der Waals surface area contributed by atoms with Crippen molar-refractivity contribution < 1.29 is 9.59 Å². The summed E-state index contributed by atoms with van der Waals surface area (Å²) in [6, 6.07) is 31.7. The van der Waals surface area contributed by atoms with Gasteiger partial charge in [0, 0.05) is 36.6 Å². The van der Waals surface area contributed by atoms with E-state index in [1.54, 1.807) is 23.6 Å². The first kappa shape index (κ1) is 23.0. The molecule has 0 saturated carbocycles. The molecule has 170 valence electrons. The molecule has 0 aliphatic carbocycles. The molecule has 4 nitrogen and oxygen atoms in total. The van der Waals surface area contributed by atoms with Crippen molar-refractivity contribution in [1.29, 1.82) is 0 Å². The third-order valence-electron chi connectivity index (χ3n) is 5.80. The number of nitrogens with zero attached hydrogens (tertiary/aromatic N) is 2. The van der Waals surface area contributed by atoms with Gasteiger partial charge in [0.2, 0.25) is 11.8 Å². The summed E-state index contributed by atoms with van der Waals surface area (Å²) in [4.78, 5) is 28.2. The average Bonchev–Trinajstić information content (AvgIpc) is 2.82. The van der Waals surface area contributed by atoms with E-state index in [-0.39, 0.29) is 11.8 Å². The normalized spacial score (nSPS) is 10.6. The summed E-state index contributed by atoms with van der Waals surface area (Å²) in [5.41, 5.74) is 7.69. The van der Waals surface area contributed by atoms with E-state index in [1.165, 1.54) is 0 Å². The molecule has 0 bridgehead atoms. The topological polar surface area (TPSA) is 40.6 Å². The van der Waals surface area contributed by atoms with Crippen LogP contribution in [0.4, 0.5) is 22.7 Å². The number of anilines is 4. The van der Waals surface area contributed by atoms with Crippen molar-refractivity contribution in [3.05, 3.63) is 108 Å². The monoisotopic (exact) mass is 448 g/mol. The van der Waals surface area contributed by atoms with Gasteiger partial charge in [-0.1, -0.05) is 59.7 Å². The zero-order chi connectivity index (χ0) is 24.2. The molecule has 4 aromatic rings. The van der Waals surface area contributed by atoms with Crippen LogP contribution in [0.15, 0.2) is 97.1 Å². The first-order valence-electron chi connectivity index (χ1n) is 11.3. The lowest BCUT2D eigenvalue weighted by molar-refractivity contribution is -0.116.